The van der Waals surface area contributed by atoms with Crippen LogP contribution < -0.4 is 11.1 Å². The maximum atomic E-state index is 13.0. The third kappa shape index (κ3) is 4.92. The lowest BCUT2D eigenvalue weighted by molar-refractivity contribution is -0.116. The van der Waals surface area contributed by atoms with Crippen molar-refractivity contribution >= 4 is 39.1 Å². The Hall–Kier alpha value is -0.650. The van der Waals surface area contributed by atoms with E-state index in [0.29, 0.717) is 16.6 Å². The van der Waals surface area contributed by atoms with Crippen LogP contribution in [-0.4, -0.2) is 11.4 Å². The van der Waals surface area contributed by atoms with E-state index in [9.17, 15) is 9.18 Å². The van der Waals surface area contributed by atoms with E-state index in [-0.39, 0.29) is 17.4 Å². The molecule has 18 heavy (non-hydrogen) atoms. The zero-order chi connectivity index (χ0) is 13.9. The predicted octanol–water partition coefficient (Wildman–Crippen LogP) is 3.70. The Bertz CT molecular complexity index is 437. The number of carbonyl (C=O) groups excluding carboxylic acids is 1. The van der Waals surface area contributed by atoms with E-state index in [4.69, 9.17) is 17.3 Å². The van der Waals surface area contributed by atoms with E-state index in [2.05, 4.69) is 21.2 Å². The maximum Gasteiger partial charge on any atom is 0.224 e. The Balaban J connectivity index is 2.71. The van der Waals surface area contributed by atoms with Gasteiger partial charge in [0, 0.05) is 16.4 Å². The van der Waals surface area contributed by atoms with Crippen molar-refractivity contribution in [2.24, 2.45) is 5.73 Å². The molecule has 0 atom stereocenters. The number of hydrogen-bond donors (Lipinski definition) is 2. The summed E-state index contributed by atoms with van der Waals surface area (Å²) in [5.74, 6) is -0.671. The molecule has 0 aliphatic carbocycles. The highest BCUT2D eigenvalue weighted by Crippen LogP contribution is 2.31. The van der Waals surface area contributed by atoms with Crippen LogP contribution in [0.1, 0.15) is 26.7 Å². The summed E-state index contributed by atoms with van der Waals surface area (Å²) in [5.41, 5.74) is 5.76. The molecule has 0 aliphatic heterocycles. The first kappa shape index (κ1) is 15.4. The van der Waals surface area contributed by atoms with Crippen LogP contribution in [0.15, 0.2) is 16.6 Å². The Morgan fingerprint density at radius 2 is 2.17 bits per heavy atom. The van der Waals surface area contributed by atoms with Crippen molar-refractivity contribution in [1.82, 2.24) is 0 Å². The third-order valence-electron chi connectivity index (χ3n) is 2.27. The van der Waals surface area contributed by atoms with Gasteiger partial charge in [-0.15, -0.1) is 0 Å². The number of anilines is 1. The second-order valence-electron chi connectivity index (χ2n) is 4.78. The summed E-state index contributed by atoms with van der Waals surface area (Å²) in [4.78, 5) is 11.7. The molecule has 0 aliphatic rings. The maximum absolute atomic E-state index is 13.0. The molecule has 1 aromatic carbocycles. The van der Waals surface area contributed by atoms with Gasteiger partial charge in [-0.3, -0.25) is 4.79 Å². The average Bonchev–Trinajstić information content (AvgIpc) is 2.19. The van der Waals surface area contributed by atoms with Crippen molar-refractivity contribution in [3.05, 3.63) is 27.4 Å². The van der Waals surface area contributed by atoms with Crippen molar-refractivity contribution in [1.29, 1.82) is 0 Å². The van der Waals surface area contributed by atoms with Crippen LogP contribution in [-0.2, 0) is 4.79 Å². The number of carbonyl (C=O) groups is 1. The monoisotopic (exact) mass is 336 g/mol. The number of halogens is 3. The number of nitrogens with one attached hydrogen (secondary N) is 1. The molecule has 0 heterocycles. The van der Waals surface area contributed by atoms with Crippen LogP contribution in [0.25, 0.3) is 0 Å². The minimum Gasteiger partial charge on any atom is -0.326 e. The highest BCUT2D eigenvalue weighted by atomic mass is 79.9. The van der Waals surface area contributed by atoms with Crippen molar-refractivity contribution in [2.45, 2.75) is 32.2 Å². The summed E-state index contributed by atoms with van der Waals surface area (Å²) < 4.78 is 13.4. The first-order valence-electron chi connectivity index (χ1n) is 5.42. The molecule has 3 nitrogen and oxygen atoms in total. The first-order valence-corrected chi connectivity index (χ1v) is 6.59. The van der Waals surface area contributed by atoms with Crippen LogP contribution >= 0.6 is 27.5 Å². The van der Waals surface area contributed by atoms with E-state index in [1.165, 1.54) is 6.07 Å². The quantitative estimate of drug-likeness (QED) is 0.880. The molecule has 0 saturated carbocycles. The fraction of sp³-hybridized carbons (Fsp3) is 0.417. The van der Waals surface area contributed by atoms with Gasteiger partial charge in [-0.1, -0.05) is 11.6 Å². The predicted molar refractivity (Wildman–Crippen MR) is 75.2 cm³/mol. The van der Waals surface area contributed by atoms with Gasteiger partial charge in [-0.2, -0.15) is 0 Å². The van der Waals surface area contributed by atoms with Gasteiger partial charge in [0.2, 0.25) is 5.91 Å². The van der Waals surface area contributed by atoms with E-state index in [1.54, 1.807) is 0 Å². The summed E-state index contributed by atoms with van der Waals surface area (Å²) in [6.45, 7) is 3.70. The Morgan fingerprint density at radius 3 is 2.67 bits per heavy atom. The minimum atomic E-state index is -0.465. The summed E-state index contributed by atoms with van der Waals surface area (Å²) in [6, 6.07) is 2.39. The Morgan fingerprint density at radius 1 is 1.56 bits per heavy atom. The van der Waals surface area contributed by atoms with Gasteiger partial charge in [0.1, 0.15) is 5.82 Å². The van der Waals surface area contributed by atoms with Crippen LogP contribution in [0.3, 0.4) is 0 Å². The van der Waals surface area contributed by atoms with Crippen LogP contribution in [0, 0.1) is 5.82 Å². The third-order valence-corrected chi connectivity index (χ3v) is 3.19. The molecule has 0 saturated heterocycles. The lowest BCUT2D eigenvalue weighted by atomic mass is 10.00. The highest BCUT2D eigenvalue weighted by molar-refractivity contribution is 9.10. The molecular formula is C12H15BrClFN2O. The van der Waals surface area contributed by atoms with Crippen LogP contribution in [0.5, 0.6) is 0 Å². The molecule has 1 aromatic rings. The molecule has 0 spiro atoms. The molecule has 100 valence electrons. The molecule has 0 bridgehead atoms. The molecule has 3 N–H and O–H groups in total. The zero-order valence-corrected chi connectivity index (χ0v) is 12.5. The zero-order valence-electron chi connectivity index (χ0n) is 10.2. The van der Waals surface area contributed by atoms with Gasteiger partial charge >= 0.3 is 0 Å². The smallest absolute Gasteiger partial charge is 0.224 e. The van der Waals surface area contributed by atoms with E-state index in [1.807, 2.05) is 13.8 Å². The molecule has 0 radical (unpaired) electrons. The van der Waals surface area contributed by atoms with E-state index < -0.39 is 11.4 Å². The van der Waals surface area contributed by atoms with Crippen molar-refractivity contribution < 1.29 is 9.18 Å². The SMILES string of the molecule is CC(C)(N)CCC(=O)Nc1c(Cl)cc(F)cc1Br. The normalized spacial score (nSPS) is 11.4. The number of hydrogen-bond acceptors (Lipinski definition) is 2. The van der Waals surface area contributed by atoms with E-state index >= 15 is 0 Å². The van der Waals surface area contributed by atoms with Gasteiger partial charge < -0.3 is 11.1 Å². The molecule has 0 unspecified atom stereocenters. The molecule has 1 rings (SSSR count). The number of rotatable bonds is 4. The van der Waals surface area contributed by atoms with Crippen molar-refractivity contribution in [2.75, 3.05) is 5.32 Å². The fourth-order valence-electron chi connectivity index (χ4n) is 1.30. The molecule has 6 heteroatoms. The number of benzene rings is 1. The number of nitrogens with two attached hydrogens (primary N) is 1. The van der Waals surface area contributed by atoms with Crippen LogP contribution in [0.4, 0.5) is 10.1 Å². The molecular weight excluding hydrogens is 322 g/mol. The van der Waals surface area contributed by atoms with Crippen LogP contribution in [0.2, 0.25) is 5.02 Å². The molecule has 0 aromatic heterocycles. The standard InChI is InChI=1S/C12H15BrClFN2O/c1-12(2,16)4-3-10(18)17-11-8(13)5-7(15)6-9(11)14/h5-6H,3-4,16H2,1-2H3,(H,17,18). The fourth-order valence-corrected chi connectivity index (χ4v) is 2.20. The summed E-state index contributed by atoms with van der Waals surface area (Å²) in [5, 5.41) is 2.79. The van der Waals surface area contributed by atoms with Gasteiger partial charge in [-0.05, 0) is 48.3 Å². The molecule has 1 amide bonds. The summed E-state index contributed by atoms with van der Waals surface area (Å²) in [7, 11) is 0. The van der Waals surface area contributed by atoms with Gasteiger partial charge in [0.25, 0.3) is 0 Å². The summed E-state index contributed by atoms with van der Waals surface area (Å²) >= 11 is 9.01. The van der Waals surface area contributed by atoms with Gasteiger partial charge in [0.15, 0.2) is 0 Å². The Kier molecular flexibility index (Phi) is 5.13. The lowest BCUT2D eigenvalue weighted by Crippen LogP contribution is -2.33. The van der Waals surface area contributed by atoms with Crippen molar-refractivity contribution in [3.8, 4) is 0 Å². The number of amides is 1. The average molecular weight is 338 g/mol. The minimum absolute atomic E-state index is 0.155. The van der Waals surface area contributed by atoms with E-state index in [0.717, 1.165) is 6.07 Å². The largest absolute Gasteiger partial charge is 0.326 e. The first-order chi connectivity index (χ1) is 8.19. The van der Waals surface area contributed by atoms with Crippen molar-refractivity contribution in [3.63, 3.8) is 0 Å². The second-order valence-corrected chi connectivity index (χ2v) is 6.04. The van der Waals surface area contributed by atoms with Gasteiger partial charge in [-0.25, -0.2) is 4.39 Å². The topological polar surface area (TPSA) is 55.1 Å². The second kappa shape index (κ2) is 5.99. The summed E-state index contributed by atoms with van der Waals surface area (Å²) in [6.07, 6.45) is 0.832. The Labute approximate surface area is 119 Å². The lowest BCUT2D eigenvalue weighted by Gasteiger charge is -2.18. The van der Waals surface area contributed by atoms with Gasteiger partial charge in [0.05, 0.1) is 10.7 Å². The highest BCUT2D eigenvalue weighted by Gasteiger charge is 2.15. The molecule has 0 fully saturated rings.